The zero-order valence-electron chi connectivity index (χ0n) is 19.5. The lowest BCUT2D eigenvalue weighted by Gasteiger charge is -2.26. The number of aryl methyl sites for hydroxylation is 2. The number of nitrogens with two attached hydrogens (primary N) is 1. The molecular weight excluding hydrogens is 386 g/mol. The molecule has 1 fully saturated rings. The molecule has 1 aliphatic carbocycles. The summed E-state index contributed by atoms with van der Waals surface area (Å²) in [7, 11) is 4.07. The number of nitrogens with one attached hydrogen (secondary N) is 1. The maximum absolute atomic E-state index is 13.1. The Labute approximate surface area is 186 Å². The Morgan fingerprint density at radius 2 is 1.71 bits per heavy atom. The van der Waals surface area contributed by atoms with Crippen LogP contribution in [0.2, 0.25) is 0 Å². The summed E-state index contributed by atoms with van der Waals surface area (Å²) in [5.74, 6) is 0.0342. The quantitative estimate of drug-likeness (QED) is 0.687. The first kappa shape index (κ1) is 23.0. The molecule has 2 amide bonds. The van der Waals surface area contributed by atoms with Gasteiger partial charge in [-0.15, -0.1) is 0 Å². The second-order valence-corrected chi connectivity index (χ2v) is 9.43. The molecule has 0 aliphatic heterocycles. The van der Waals surface area contributed by atoms with Crippen LogP contribution in [-0.4, -0.2) is 43.4 Å². The van der Waals surface area contributed by atoms with E-state index < -0.39 is 5.91 Å². The number of nitrogens with zero attached hydrogens (tertiary/aromatic N) is 1. The smallest absolute Gasteiger partial charge is 0.248 e. The largest absolute Gasteiger partial charge is 0.366 e. The molecule has 4 unspecified atom stereocenters. The van der Waals surface area contributed by atoms with Crippen LogP contribution in [0, 0.1) is 25.7 Å². The van der Waals surface area contributed by atoms with Crippen LogP contribution in [-0.2, 0) is 16.6 Å². The molecule has 4 atom stereocenters. The first-order valence-corrected chi connectivity index (χ1v) is 11.0. The Balaban J connectivity index is 1.68. The summed E-state index contributed by atoms with van der Waals surface area (Å²) >= 11 is 0. The minimum atomic E-state index is -0.408. The van der Waals surface area contributed by atoms with Crippen LogP contribution in [0.1, 0.15) is 46.5 Å². The third-order valence-corrected chi connectivity index (χ3v) is 7.32. The van der Waals surface area contributed by atoms with Crippen LogP contribution in [0.25, 0.3) is 0 Å². The minimum absolute atomic E-state index is 0.00367. The molecule has 0 aromatic heterocycles. The van der Waals surface area contributed by atoms with Crippen LogP contribution >= 0.6 is 0 Å². The second kappa shape index (κ2) is 8.83. The first-order chi connectivity index (χ1) is 14.6. The van der Waals surface area contributed by atoms with Crippen molar-refractivity contribution in [2.24, 2.45) is 17.6 Å². The average Bonchev–Trinajstić information content (AvgIpc) is 3.28. The number of carbonyl (C=O) groups is 2. The summed E-state index contributed by atoms with van der Waals surface area (Å²) in [4.78, 5) is 26.7. The molecule has 1 saturated carbocycles. The number of likely N-dealkylation sites (N-methyl/N-ethyl adjacent to an activating group) is 1. The molecule has 0 radical (unpaired) electrons. The molecule has 0 heterocycles. The van der Waals surface area contributed by atoms with Gasteiger partial charge in [0.25, 0.3) is 0 Å². The molecule has 0 saturated heterocycles. The number of hydrogen-bond acceptors (Lipinski definition) is 3. The van der Waals surface area contributed by atoms with Gasteiger partial charge in [-0.25, -0.2) is 0 Å². The predicted octanol–water partition coefficient (Wildman–Crippen LogP) is 3.22. The van der Waals surface area contributed by atoms with E-state index in [0.29, 0.717) is 18.0 Å². The molecule has 5 nitrogen and oxygen atoms in total. The third-order valence-electron chi connectivity index (χ3n) is 7.32. The second-order valence-electron chi connectivity index (χ2n) is 9.43. The number of primary amides is 1. The lowest BCUT2D eigenvalue weighted by atomic mass is 9.93. The van der Waals surface area contributed by atoms with Crippen LogP contribution < -0.4 is 11.1 Å². The van der Waals surface area contributed by atoms with Gasteiger partial charge in [-0.05, 0) is 74.7 Å². The lowest BCUT2D eigenvalue weighted by molar-refractivity contribution is -0.123. The summed E-state index contributed by atoms with van der Waals surface area (Å²) < 4.78 is 0. The first-order valence-electron chi connectivity index (χ1n) is 11.0. The van der Waals surface area contributed by atoms with Crippen molar-refractivity contribution in [1.29, 1.82) is 0 Å². The van der Waals surface area contributed by atoms with E-state index in [1.165, 1.54) is 11.1 Å². The van der Waals surface area contributed by atoms with E-state index in [1.807, 2.05) is 58.3 Å². The van der Waals surface area contributed by atoms with Crippen molar-refractivity contribution in [3.8, 4) is 0 Å². The standard InChI is InChI=1S/C26H35N3O2/c1-16-12-19(24(27)30)13-17(2)22(16)14-21(29(5)6)15-28-25(31)23-18(3)26(23,4)20-10-8-7-9-11-20/h7-13,18,21,23H,14-15H2,1-6H3,(H2,27,30)(H,28,31). The molecular formula is C26H35N3O2. The molecule has 3 N–H and O–H groups in total. The van der Waals surface area contributed by atoms with Crippen LogP contribution in [0.5, 0.6) is 0 Å². The number of hydrogen-bond donors (Lipinski definition) is 2. The van der Waals surface area contributed by atoms with Gasteiger partial charge in [-0.3, -0.25) is 9.59 Å². The summed E-state index contributed by atoms with van der Waals surface area (Å²) in [5.41, 5.74) is 10.4. The number of carbonyl (C=O) groups excluding carboxylic acids is 2. The Bertz CT molecular complexity index is 947. The van der Waals surface area contributed by atoms with E-state index in [2.05, 4.69) is 36.2 Å². The number of rotatable bonds is 8. The highest BCUT2D eigenvalue weighted by Crippen LogP contribution is 2.59. The Hall–Kier alpha value is -2.66. The monoisotopic (exact) mass is 421 g/mol. The van der Waals surface area contributed by atoms with Gasteiger partial charge >= 0.3 is 0 Å². The van der Waals surface area contributed by atoms with Crippen molar-refractivity contribution in [2.45, 2.75) is 45.6 Å². The van der Waals surface area contributed by atoms with Crippen LogP contribution in [0.15, 0.2) is 42.5 Å². The summed E-state index contributed by atoms with van der Waals surface area (Å²) in [5, 5.41) is 3.22. The fourth-order valence-electron chi connectivity index (χ4n) is 4.93. The van der Waals surface area contributed by atoms with E-state index in [9.17, 15) is 9.59 Å². The molecule has 1 aliphatic rings. The van der Waals surface area contributed by atoms with E-state index in [-0.39, 0.29) is 23.3 Å². The van der Waals surface area contributed by atoms with Gasteiger partial charge in [0, 0.05) is 23.6 Å². The van der Waals surface area contributed by atoms with Gasteiger partial charge in [-0.1, -0.05) is 44.2 Å². The Morgan fingerprint density at radius 1 is 1.13 bits per heavy atom. The highest BCUT2D eigenvalue weighted by atomic mass is 16.2. The van der Waals surface area contributed by atoms with Gasteiger partial charge in [0.1, 0.15) is 0 Å². The highest BCUT2D eigenvalue weighted by Gasteiger charge is 2.62. The van der Waals surface area contributed by atoms with Crippen molar-refractivity contribution in [1.82, 2.24) is 10.2 Å². The molecule has 31 heavy (non-hydrogen) atoms. The normalized spacial score (nSPS) is 23.5. The fraction of sp³-hybridized carbons (Fsp3) is 0.462. The molecule has 166 valence electrons. The third kappa shape index (κ3) is 4.52. The van der Waals surface area contributed by atoms with Crippen molar-refractivity contribution in [2.75, 3.05) is 20.6 Å². The summed E-state index contributed by atoms with van der Waals surface area (Å²) in [6.07, 6.45) is 0.792. The zero-order chi connectivity index (χ0) is 22.9. The number of amides is 2. The molecule has 0 bridgehead atoms. The van der Waals surface area contributed by atoms with Crippen molar-refractivity contribution in [3.63, 3.8) is 0 Å². The van der Waals surface area contributed by atoms with Gasteiger partial charge in [0.15, 0.2) is 0 Å². The summed E-state index contributed by atoms with van der Waals surface area (Å²) in [6, 6.07) is 14.2. The topological polar surface area (TPSA) is 75.4 Å². The maximum atomic E-state index is 13.1. The minimum Gasteiger partial charge on any atom is -0.366 e. The van der Waals surface area contributed by atoms with Crippen molar-refractivity contribution >= 4 is 11.8 Å². The number of benzene rings is 2. The van der Waals surface area contributed by atoms with Crippen molar-refractivity contribution < 1.29 is 9.59 Å². The highest BCUT2D eigenvalue weighted by molar-refractivity contribution is 5.93. The lowest BCUT2D eigenvalue weighted by Crippen LogP contribution is -2.42. The average molecular weight is 422 g/mol. The van der Waals surface area contributed by atoms with Gasteiger partial charge in [0.2, 0.25) is 11.8 Å². The van der Waals surface area contributed by atoms with E-state index in [4.69, 9.17) is 5.73 Å². The fourth-order valence-corrected chi connectivity index (χ4v) is 4.93. The molecule has 2 aromatic carbocycles. The van der Waals surface area contributed by atoms with Crippen molar-refractivity contribution in [3.05, 3.63) is 70.3 Å². The van der Waals surface area contributed by atoms with Crippen LogP contribution in [0.3, 0.4) is 0 Å². The zero-order valence-corrected chi connectivity index (χ0v) is 19.5. The van der Waals surface area contributed by atoms with Crippen LogP contribution in [0.4, 0.5) is 0 Å². The van der Waals surface area contributed by atoms with E-state index in [0.717, 1.165) is 17.5 Å². The van der Waals surface area contributed by atoms with Gasteiger partial charge in [-0.2, -0.15) is 0 Å². The van der Waals surface area contributed by atoms with E-state index in [1.54, 1.807) is 0 Å². The predicted molar refractivity (Wildman–Crippen MR) is 125 cm³/mol. The SMILES string of the molecule is Cc1cc(C(N)=O)cc(C)c1CC(CNC(=O)C1C(C)C1(C)c1ccccc1)N(C)C. The summed E-state index contributed by atoms with van der Waals surface area (Å²) in [6.45, 7) is 8.95. The molecule has 0 spiro atoms. The maximum Gasteiger partial charge on any atom is 0.248 e. The Kier molecular flexibility index (Phi) is 6.56. The Morgan fingerprint density at radius 3 is 2.23 bits per heavy atom. The van der Waals surface area contributed by atoms with E-state index >= 15 is 0 Å². The van der Waals surface area contributed by atoms with Gasteiger partial charge in [0.05, 0.1) is 5.92 Å². The molecule has 2 aromatic rings. The molecule has 5 heteroatoms. The van der Waals surface area contributed by atoms with Gasteiger partial charge < -0.3 is 16.0 Å². The molecule has 3 rings (SSSR count).